The van der Waals surface area contributed by atoms with Gasteiger partial charge in [-0.05, 0) is 13.8 Å². The molecule has 68 valence electrons. The first-order chi connectivity index (χ1) is 6.11. The molecule has 0 aliphatic heterocycles. The monoisotopic (exact) mass is 179 g/mol. The standard InChI is InChI=1S/C9H10FN3/c1-5-7-4-11-6(2)8(10)9(7)13(3)12-5/h4H,1-3H3. The van der Waals surface area contributed by atoms with Crippen LogP contribution in [-0.4, -0.2) is 14.8 Å². The van der Waals surface area contributed by atoms with Crippen LogP contribution in [0.4, 0.5) is 4.39 Å². The van der Waals surface area contributed by atoms with Gasteiger partial charge in [0.15, 0.2) is 5.82 Å². The molecule has 0 fully saturated rings. The van der Waals surface area contributed by atoms with Crippen LogP contribution in [0.3, 0.4) is 0 Å². The number of aromatic nitrogens is 3. The van der Waals surface area contributed by atoms with Gasteiger partial charge >= 0.3 is 0 Å². The van der Waals surface area contributed by atoms with Gasteiger partial charge in [0.2, 0.25) is 0 Å². The zero-order valence-corrected chi connectivity index (χ0v) is 7.80. The van der Waals surface area contributed by atoms with Crippen molar-refractivity contribution in [1.82, 2.24) is 14.8 Å². The lowest BCUT2D eigenvalue weighted by molar-refractivity contribution is 0.609. The van der Waals surface area contributed by atoms with E-state index < -0.39 is 0 Å². The lowest BCUT2D eigenvalue weighted by Gasteiger charge is -1.98. The molecule has 0 unspecified atom stereocenters. The maximum atomic E-state index is 13.5. The number of fused-ring (bicyclic) bond motifs is 1. The summed E-state index contributed by atoms with van der Waals surface area (Å²) in [5, 5.41) is 4.91. The molecule has 0 aliphatic rings. The molecule has 2 aromatic rings. The molecule has 0 aliphatic carbocycles. The summed E-state index contributed by atoms with van der Waals surface area (Å²) >= 11 is 0. The molecular formula is C9H10FN3. The van der Waals surface area contributed by atoms with Gasteiger partial charge in [-0.25, -0.2) is 4.39 Å². The van der Waals surface area contributed by atoms with Crippen molar-refractivity contribution < 1.29 is 4.39 Å². The van der Waals surface area contributed by atoms with E-state index in [0.717, 1.165) is 11.1 Å². The van der Waals surface area contributed by atoms with Gasteiger partial charge in [0.05, 0.1) is 11.4 Å². The van der Waals surface area contributed by atoms with E-state index in [2.05, 4.69) is 10.1 Å². The van der Waals surface area contributed by atoms with E-state index in [-0.39, 0.29) is 5.82 Å². The molecule has 3 nitrogen and oxygen atoms in total. The first kappa shape index (κ1) is 8.16. The highest BCUT2D eigenvalue weighted by atomic mass is 19.1. The molecule has 0 spiro atoms. The molecule has 0 saturated carbocycles. The van der Waals surface area contributed by atoms with Crippen molar-refractivity contribution in [3.63, 3.8) is 0 Å². The molecule has 2 aromatic heterocycles. The van der Waals surface area contributed by atoms with Crippen molar-refractivity contribution in [2.45, 2.75) is 13.8 Å². The Kier molecular flexibility index (Phi) is 1.58. The van der Waals surface area contributed by atoms with Gasteiger partial charge in [0, 0.05) is 18.6 Å². The van der Waals surface area contributed by atoms with Crippen molar-refractivity contribution in [3.8, 4) is 0 Å². The average Bonchev–Trinajstić information content (AvgIpc) is 2.35. The van der Waals surface area contributed by atoms with E-state index in [9.17, 15) is 4.39 Å². The van der Waals surface area contributed by atoms with E-state index in [1.54, 1.807) is 24.9 Å². The van der Waals surface area contributed by atoms with Gasteiger partial charge in [0.1, 0.15) is 5.52 Å². The molecule has 0 radical (unpaired) electrons. The number of nitrogens with zero attached hydrogens (tertiary/aromatic N) is 3. The van der Waals surface area contributed by atoms with Crippen LogP contribution in [0.5, 0.6) is 0 Å². The fraction of sp³-hybridized carbons (Fsp3) is 0.333. The van der Waals surface area contributed by atoms with Crippen molar-refractivity contribution in [2.24, 2.45) is 7.05 Å². The Morgan fingerprint density at radius 3 is 2.69 bits per heavy atom. The Bertz CT molecular complexity index is 473. The number of aryl methyl sites for hydroxylation is 3. The van der Waals surface area contributed by atoms with E-state index in [4.69, 9.17) is 0 Å². The van der Waals surface area contributed by atoms with Crippen LogP contribution in [0.1, 0.15) is 11.4 Å². The summed E-state index contributed by atoms with van der Waals surface area (Å²) in [6.07, 6.45) is 1.66. The topological polar surface area (TPSA) is 30.7 Å². The summed E-state index contributed by atoms with van der Waals surface area (Å²) in [6.45, 7) is 3.50. The van der Waals surface area contributed by atoms with Crippen molar-refractivity contribution in [1.29, 1.82) is 0 Å². The van der Waals surface area contributed by atoms with Gasteiger partial charge in [-0.2, -0.15) is 5.10 Å². The summed E-state index contributed by atoms with van der Waals surface area (Å²) in [6, 6.07) is 0. The predicted octanol–water partition coefficient (Wildman–Crippen LogP) is 1.72. The second-order valence-corrected chi connectivity index (χ2v) is 3.13. The number of halogens is 1. The van der Waals surface area contributed by atoms with E-state index in [1.807, 2.05) is 6.92 Å². The number of pyridine rings is 1. The highest BCUT2D eigenvalue weighted by molar-refractivity contribution is 5.81. The first-order valence-electron chi connectivity index (χ1n) is 4.05. The average molecular weight is 179 g/mol. The third-order valence-corrected chi connectivity index (χ3v) is 2.18. The molecule has 0 aromatic carbocycles. The predicted molar refractivity (Wildman–Crippen MR) is 47.9 cm³/mol. The van der Waals surface area contributed by atoms with Crippen LogP contribution in [0.15, 0.2) is 6.20 Å². The molecule has 0 amide bonds. The Hall–Kier alpha value is -1.45. The van der Waals surface area contributed by atoms with Crippen LogP contribution >= 0.6 is 0 Å². The Balaban J connectivity index is 2.98. The van der Waals surface area contributed by atoms with E-state index >= 15 is 0 Å². The SMILES string of the molecule is Cc1ncc2c(C)nn(C)c2c1F. The highest BCUT2D eigenvalue weighted by Crippen LogP contribution is 2.20. The van der Waals surface area contributed by atoms with Gasteiger partial charge in [-0.1, -0.05) is 0 Å². The summed E-state index contributed by atoms with van der Waals surface area (Å²) in [4.78, 5) is 3.95. The van der Waals surface area contributed by atoms with Gasteiger partial charge in [-0.3, -0.25) is 9.67 Å². The third kappa shape index (κ3) is 1.02. The maximum Gasteiger partial charge on any atom is 0.170 e. The Labute approximate surface area is 75.2 Å². The first-order valence-corrected chi connectivity index (χ1v) is 4.05. The molecule has 2 heterocycles. The number of rotatable bonds is 0. The Morgan fingerprint density at radius 2 is 2.00 bits per heavy atom. The minimum Gasteiger partial charge on any atom is -0.265 e. The number of hydrogen-bond donors (Lipinski definition) is 0. The Morgan fingerprint density at radius 1 is 1.31 bits per heavy atom. The fourth-order valence-electron chi connectivity index (χ4n) is 1.48. The zero-order chi connectivity index (χ0) is 9.59. The molecule has 0 N–H and O–H groups in total. The lowest BCUT2D eigenvalue weighted by atomic mass is 10.2. The second-order valence-electron chi connectivity index (χ2n) is 3.13. The van der Waals surface area contributed by atoms with Crippen LogP contribution in [0, 0.1) is 19.7 Å². The quantitative estimate of drug-likeness (QED) is 0.616. The minimum absolute atomic E-state index is 0.277. The minimum atomic E-state index is -0.277. The molecule has 2 rings (SSSR count). The molecule has 0 atom stereocenters. The molecule has 0 bridgehead atoms. The van der Waals surface area contributed by atoms with Crippen molar-refractivity contribution >= 4 is 10.9 Å². The van der Waals surface area contributed by atoms with Gasteiger partial charge in [0.25, 0.3) is 0 Å². The smallest absolute Gasteiger partial charge is 0.170 e. The summed E-state index contributed by atoms with van der Waals surface area (Å²) < 4.78 is 15.1. The fourth-order valence-corrected chi connectivity index (χ4v) is 1.48. The van der Waals surface area contributed by atoms with Crippen LogP contribution < -0.4 is 0 Å². The van der Waals surface area contributed by atoms with Crippen molar-refractivity contribution in [2.75, 3.05) is 0 Å². The summed E-state index contributed by atoms with van der Waals surface area (Å²) in [7, 11) is 1.73. The molecule has 4 heteroatoms. The summed E-state index contributed by atoms with van der Waals surface area (Å²) in [5.74, 6) is -0.277. The van der Waals surface area contributed by atoms with Crippen LogP contribution in [-0.2, 0) is 7.05 Å². The third-order valence-electron chi connectivity index (χ3n) is 2.18. The molecule has 0 saturated heterocycles. The molecule has 13 heavy (non-hydrogen) atoms. The van der Waals surface area contributed by atoms with Crippen LogP contribution in [0.2, 0.25) is 0 Å². The van der Waals surface area contributed by atoms with E-state index in [1.165, 1.54) is 0 Å². The van der Waals surface area contributed by atoms with Crippen molar-refractivity contribution in [3.05, 3.63) is 23.4 Å². The largest absolute Gasteiger partial charge is 0.265 e. The normalized spacial score (nSPS) is 11.1. The highest BCUT2D eigenvalue weighted by Gasteiger charge is 2.11. The van der Waals surface area contributed by atoms with Gasteiger partial charge < -0.3 is 0 Å². The summed E-state index contributed by atoms with van der Waals surface area (Å²) in [5.41, 5.74) is 1.75. The molecular weight excluding hydrogens is 169 g/mol. The zero-order valence-electron chi connectivity index (χ0n) is 7.80. The van der Waals surface area contributed by atoms with Gasteiger partial charge in [-0.15, -0.1) is 0 Å². The number of hydrogen-bond acceptors (Lipinski definition) is 2. The maximum absolute atomic E-state index is 13.5. The second kappa shape index (κ2) is 2.52. The van der Waals surface area contributed by atoms with Crippen LogP contribution in [0.25, 0.3) is 10.9 Å². The lowest BCUT2D eigenvalue weighted by Crippen LogP contribution is -1.95. The van der Waals surface area contributed by atoms with E-state index in [0.29, 0.717) is 11.2 Å².